The summed E-state index contributed by atoms with van der Waals surface area (Å²) < 4.78 is 7.05. The van der Waals surface area contributed by atoms with E-state index in [1.165, 1.54) is 11.8 Å². The first kappa shape index (κ1) is 23.5. The molecule has 0 fully saturated rings. The van der Waals surface area contributed by atoms with Gasteiger partial charge < -0.3 is 4.74 Å². The molecular formula is C25H22ClN5O2S. The van der Waals surface area contributed by atoms with Gasteiger partial charge in [0, 0.05) is 16.3 Å². The Morgan fingerprint density at radius 3 is 2.44 bits per heavy atom. The minimum atomic E-state index is -0.252. The average molecular weight is 492 g/mol. The molecule has 0 unspecified atom stereocenters. The van der Waals surface area contributed by atoms with Gasteiger partial charge in [0.25, 0.3) is 5.91 Å². The maximum absolute atomic E-state index is 12.4. The number of aromatic nitrogens is 3. The lowest BCUT2D eigenvalue weighted by Gasteiger charge is -2.10. The first-order valence-electron chi connectivity index (χ1n) is 10.4. The van der Waals surface area contributed by atoms with E-state index in [1.807, 2.05) is 84.3 Å². The highest BCUT2D eigenvalue weighted by atomic mass is 35.5. The summed E-state index contributed by atoms with van der Waals surface area (Å²) in [6.45, 7) is 2.03. The fraction of sp³-hybridized carbons (Fsp3) is 0.120. The smallest absolute Gasteiger partial charge is 0.250 e. The van der Waals surface area contributed by atoms with E-state index in [2.05, 4.69) is 20.7 Å². The van der Waals surface area contributed by atoms with Crippen LogP contribution in [-0.4, -0.2) is 39.7 Å². The van der Waals surface area contributed by atoms with Crippen LogP contribution in [0.5, 0.6) is 5.75 Å². The number of thioether (sulfide) groups is 1. The molecule has 172 valence electrons. The topological polar surface area (TPSA) is 81.4 Å². The summed E-state index contributed by atoms with van der Waals surface area (Å²) >= 11 is 7.36. The molecule has 0 atom stereocenters. The van der Waals surface area contributed by atoms with E-state index >= 15 is 0 Å². The molecule has 34 heavy (non-hydrogen) atoms. The van der Waals surface area contributed by atoms with Gasteiger partial charge in [-0.1, -0.05) is 53.2 Å². The van der Waals surface area contributed by atoms with Crippen LogP contribution in [0.3, 0.4) is 0 Å². The number of hydrogen-bond donors (Lipinski definition) is 1. The number of aryl methyl sites for hydroxylation is 1. The van der Waals surface area contributed by atoms with Crippen molar-refractivity contribution in [3.05, 3.63) is 88.9 Å². The van der Waals surface area contributed by atoms with E-state index < -0.39 is 0 Å². The van der Waals surface area contributed by atoms with Crippen LogP contribution in [0.1, 0.15) is 11.1 Å². The monoisotopic (exact) mass is 491 g/mol. The van der Waals surface area contributed by atoms with Gasteiger partial charge in [0.1, 0.15) is 5.75 Å². The standard InChI is InChI=1S/C25H22ClN5O2S/c1-17-3-7-19(8-4-17)24-29-30-25(31(24)21-11-9-20(26)10-12-21)34-16-23(32)28-27-15-18-5-13-22(33-2)14-6-18/h3-15H,16H2,1-2H3,(H,28,32)/b27-15+. The van der Waals surface area contributed by atoms with E-state index in [9.17, 15) is 4.79 Å². The van der Waals surface area contributed by atoms with Crippen LogP contribution >= 0.6 is 23.4 Å². The number of amides is 1. The largest absolute Gasteiger partial charge is 0.497 e. The molecule has 4 rings (SSSR count). The Balaban J connectivity index is 1.48. The molecule has 0 aliphatic heterocycles. The second-order valence-corrected chi connectivity index (χ2v) is 8.72. The zero-order chi connectivity index (χ0) is 23.9. The van der Waals surface area contributed by atoms with Crippen molar-refractivity contribution in [2.24, 2.45) is 5.10 Å². The highest BCUT2D eigenvalue weighted by Crippen LogP contribution is 2.28. The normalized spacial score (nSPS) is 11.0. The summed E-state index contributed by atoms with van der Waals surface area (Å²) in [6.07, 6.45) is 1.58. The van der Waals surface area contributed by atoms with Crippen LogP contribution in [-0.2, 0) is 4.79 Å². The number of hydrazone groups is 1. The molecular weight excluding hydrogens is 470 g/mol. The molecule has 0 saturated carbocycles. The maximum Gasteiger partial charge on any atom is 0.250 e. The Morgan fingerprint density at radius 2 is 1.76 bits per heavy atom. The van der Waals surface area contributed by atoms with Crippen LogP contribution in [0.4, 0.5) is 0 Å². The number of benzene rings is 3. The molecule has 9 heteroatoms. The molecule has 4 aromatic rings. The maximum atomic E-state index is 12.4. The van der Waals surface area contributed by atoms with Gasteiger partial charge >= 0.3 is 0 Å². The lowest BCUT2D eigenvalue weighted by molar-refractivity contribution is -0.118. The highest BCUT2D eigenvalue weighted by molar-refractivity contribution is 7.99. The van der Waals surface area contributed by atoms with Gasteiger partial charge in [-0.25, -0.2) is 5.43 Å². The van der Waals surface area contributed by atoms with Gasteiger partial charge in [0.2, 0.25) is 0 Å². The molecule has 0 bridgehead atoms. The van der Waals surface area contributed by atoms with Crippen LogP contribution < -0.4 is 10.2 Å². The fourth-order valence-electron chi connectivity index (χ4n) is 3.11. The van der Waals surface area contributed by atoms with Crippen molar-refractivity contribution in [2.45, 2.75) is 12.1 Å². The minimum absolute atomic E-state index is 0.125. The molecule has 0 spiro atoms. The third kappa shape index (κ3) is 5.84. The lowest BCUT2D eigenvalue weighted by atomic mass is 10.1. The summed E-state index contributed by atoms with van der Waals surface area (Å²) in [6, 6.07) is 22.8. The zero-order valence-corrected chi connectivity index (χ0v) is 20.2. The molecule has 1 aromatic heterocycles. The summed E-state index contributed by atoms with van der Waals surface area (Å²) in [4.78, 5) is 12.4. The van der Waals surface area contributed by atoms with E-state index in [1.54, 1.807) is 13.3 Å². The number of halogens is 1. The Kier molecular flexibility index (Phi) is 7.61. The fourth-order valence-corrected chi connectivity index (χ4v) is 3.98. The van der Waals surface area contributed by atoms with Crippen molar-refractivity contribution >= 4 is 35.5 Å². The van der Waals surface area contributed by atoms with E-state index in [4.69, 9.17) is 16.3 Å². The van der Waals surface area contributed by atoms with Crippen molar-refractivity contribution < 1.29 is 9.53 Å². The minimum Gasteiger partial charge on any atom is -0.497 e. The highest BCUT2D eigenvalue weighted by Gasteiger charge is 2.17. The van der Waals surface area contributed by atoms with E-state index in [-0.39, 0.29) is 11.7 Å². The van der Waals surface area contributed by atoms with Crippen LogP contribution in [0, 0.1) is 6.92 Å². The molecule has 1 heterocycles. The van der Waals surface area contributed by atoms with Gasteiger partial charge in [0.15, 0.2) is 11.0 Å². The van der Waals surface area contributed by atoms with Crippen molar-refractivity contribution in [2.75, 3.05) is 12.9 Å². The second-order valence-electron chi connectivity index (χ2n) is 7.34. The summed E-state index contributed by atoms with van der Waals surface area (Å²) in [5.41, 5.74) is 6.32. The second kappa shape index (κ2) is 11.0. The number of carbonyl (C=O) groups excluding carboxylic acids is 1. The van der Waals surface area contributed by atoms with Crippen molar-refractivity contribution in [1.29, 1.82) is 0 Å². The third-order valence-electron chi connectivity index (χ3n) is 4.88. The van der Waals surface area contributed by atoms with Gasteiger partial charge in [-0.3, -0.25) is 9.36 Å². The van der Waals surface area contributed by atoms with Gasteiger partial charge in [-0.2, -0.15) is 5.10 Å². The van der Waals surface area contributed by atoms with Crippen molar-refractivity contribution in [1.82, 2.24) is 20.2 Å². The molecule has 0 radical (unpaired) electrons. The van der Waals surface area contributed by atoms with Gasteiger partial charge in [0.05, 0.1) is 19.1 Å². The SMILES string of the molecule is COc1ccc(/C=N/NC(=O)CSc2nnc(-c3ccc(C)cc3)n2-c2ccc(Cl)cc2)cc1. The van der Waals surface area contributed by atoms with Crippen molar-refractivity contribution in [3.8, 4) is 22.8 Å². The lowest BCUT2D eigenvalue weighted by Crippen LogP contribution is -2.20. The number of ether oxygens (including phenoxy) is 1. The van der Waals surface area contributed by atoms with Gasteiger partial charge in [-0.05, 0) is 61.0 Å². The molecule has 1 amide bonds. The van der Waals surface area contributed by atoms with Gasteiger partial charge in [-0.15, -0.1) is 10.2 Å². The Bertz CT molecular complexity index is 1290. The molecule has 0 aliphatic carbocycles. The van der Waals surface area contributed by atoms with Crippen LogP contribution in [0.15, 0.2) is 83.1 Å². The first-order valence-corrected chi connectivity index (χ1v) is 11.8. The molecule has 0 saturated heterocycles. The zero-order valence-electron chi connectivity index (χ0n) is 18.6. The quantitative estimate of drug-likeness (QED) is 0.209. The van der Waals surface area contributed by atoms with Crippen molar-refractivity contribution in [3.63, 3.8) is 0 Å². The first-order chi connectivity index (χ1) is 16.5. The molecule has 0 aliphatic rings. The van der Waals surface area contributed by atoms with Crippen LogP contribution in [0.25, 0.3) is 17.1 Å². The Hall–Kier alpha value is -3.62. The Morgan fingerprint density at radius 1 is 1.06 bits per heavy atom. The number of nitrogens with zero attached hydrogens (tertiary/aromatic N) is 4. The average Bonchev–Trinajstić information content (AvgIpc) is 3.28. The van der Waals surface area contributed by atoms with E-state index in [0.717, 1.165) is 28.1 Å². The number of hydrogen-bond acceptors (Lipinski definition) is 6. The predicted octanol–water partition coefficient (Wildman–Crippen LogP) is 5.15. The number of carbonyl (C=O) groups is 1. The number of methoxy groups -OCH3 is 1. The number of rotatable bonds is 8. The molecule has 7 nitrogen and oxygen atoms in total. The third-order valence-corrected chi connectivity index (χ3v) is 6.06. The molecule has 1 N–H and O–H groups in total. The van der Waals surface area contributed by atoms with E-state index in [0.29, 0.717) is 16.0 Å². The molecule has 3 aromatic carbocycles. The Labute approximate surface area is 206 Å². The summed E-state index contributed by atoms with van der Waals surface area (Å²) in [5.74, 6) is 1.31. The number of nitrogens with one attached hydrogen (secondary N) is 1. The summed E-state index contributed by atoms with van der Waals surface area (Å²) in [5, 5.41) is 14.0. The predicted molar refractivity (Wildman–Crippen MR) is 136 cm³/mol. The van der Waals surface area contributed by atoms with Crippen LogP contribution in [0.2, 0.25) is 5.02 Å². The summed E-state index contributed by atoms with van der Waals surface area (Å²) in [7, 11) is 1.61.